The first-order valence-electron chi connectivity index (χ1n) is 12.2. The molecule has 2 aromatic heterocycles. The molecule has 0 bridgehead atoms. The number of nitrogens with zero attached hydrogens (tertiary/aromatic N) is 5. The molecule has 2 aliphatic rings. The molecule has 0 saturated carbocycles. The Hall–Kier alpha value is -3.77. The summed E-state index contributed by atoms with van der Waals surface area (Å²) < 4.78 is 49.6. The van der Waals surface area contributed by atoms with Gasteiger partial charge in [0.25, 0.3) is 5.91 Å². The van der Waals surface area contributed by atoms with E-state index < -0.39 is 23.8 Å². The highest BCUT2D eigenvalue weighted by molar-refractivity contribution is 5.99. The predicted molar refractivity (Wildman–Crippen MR) is 130 cm³/mol. The van der Waals surface area contributed by atoms with Gasteiger partial charge in [0.2, 0.25) is 0 Å². The minimum atomic E-state index is -4.70. The number of hydrogen-bond donors (Lipinski definition) is 2. The summed E-state index contributed by atoms with van der Waals surface area (Å²) in [6, 6.07) is 9.72. The van der Waals surface area contributed by atoms with Crippen molar-refractivity contribution in [3.63, 3.8) is 0 Å². The average molecular weight is 527 g/mol. The first-order valence-corrected chi connectivity index (χ1v) is 12.2. The molecule has 2 saturated heterocycles. The van der Waals surface area contributed by atoms with E-state index >= 15 is 0 Å². The van der Waals surface area contributed by atoms with Gasteiger partial charge in [-0.3, -0.25) is 4.79 Å². The monoisotopic (exact) mass is 526 g/mol. The van der Waals surface area contributed by atoms with Crippen LogP contribution in [-0.2, 0) is 29.8 Å². The molecule has 9 nitrogen and oxygen atoms in total. The van der Waals surface area contributed by atoms with Crippen LogP contribution >= 0.6 is 0 Å². The number of aliphatic hydroxyl groups is 1. The van der Waals surface area contributed by atoms with Crippen molar-refractivity contribution >= 4 is 16.9 Å². The molecule has 4 heterocycles. The van der Waals surface area contributed by atoms with Crippen LogP contribution in [0.15, 0.2) is 42.7 Å². The van der Waals surface area contributed by atoms with Gasteiger partial charge in [-0.05, 0) is 30.2 Å². The Morgan fingerprint density at radius 1 is 1.26 bits per heavy atom. The molecule has 2 aliphatic heterocycles. The van der Waals surface area contributed by atoms with Gasteiger partial charge in [0.15, 0.2) is 0 Å². The number of hydrogen-bond acceptors (Lipinski definition) is 6. The Balaban J connectivity index is 1.39. The molecule has 0 radical (unpaired) electrons. The highest BCUT2D eigenvalue weighted by Crippen LogP contribution is 2.39. The molecule has 38 heavy (non-hydrogen) atoms. The lowest BCUT2D eigenvalue weighted by molar-refractivity contribution is -0.136. The Bertz CT molecular complexity index is 1520. The Labute approximate surface area is 215 Å². The van der Waals surface area contributed by atoms with Crippen molar-refractivity contribution in [1.82, 2.24) is 29.6 Å². The lowest BCUT2D eigenvalue weighted by atomic mass is 9.75. The van der Waals surface area contributed by atoms with Gasteiger partial charge >= 0.3 is 6.18 Å². The summed E-state index contributed by atoms with van der Waals surface area (Å²) in [5.74, 6) is 0.513. The molecule has 0 aliphatic carbocycles. The van der Waals surface area contributed by atoms with Gasteiger partial charge in [-0.2, -0.15) is 13.2 Å². The van der Waals surface area contributed by atoms with Crippen molar-refractivity contribution < 1.29 is 27.8 Å². The van der Waals surface area contributed by atoms with Gasteiger partial charge in [-0.1, -0.05) is 18.2 Å². The van der Waals surface area contributed by atoms with E-state index in [0.717, 1.165) is 17.5 Å². The van der Waals surface area contributed by atoms with Gasteiger partial charge in [0.05, 0.1) is 35.9 Å². The summed E-state index contributed by atoms with van der Waals surface area (Å²) in [4.78, 5) is 21.6. The number of aromatic amines is 1. The number of carbonyl (C=O) groups is 1. The lowest BCUT2D eigenvalue weighted by Gasteiger charge is -2.41. The third-order valence-electron chi connectivity index (χ3n) is 7.40. The summed E-state index contributed by atoms with van der Waals surface area (Å²) in [5.41, 5.74) is 0.0375. The molecule has 2 fully saturated rings. The molecule has 6 rings (SSSR count). The maximum Gasteiger partial charge on any atom is 0.418 e. The topological polar surface area (TPSA) is 109 Å². The SMILES string of the molecule is Cn1cnnc1CC1(c2cccc(-c3nc4cc(C(=O)N5CC[C@@H](O)C5)cc(C(F)(F)F)c4[nH]3)c2)COC1. The zero-order chi connectivity index (χ0) is 26.7. The number of aromatic nitrogens is 5. The number of amides is 1. The molecule has 0 spiro atoms. The van der Waals surface area contributed by atoms with Crippen LogP contribution in [0.25, 0.3) is 22.4 Å². The van der Waals surface area contributed by atoms with Gasteiger partial charge in [0.1, 0.15) is 18.0 Å². The first-order chi connectivity index (χ1) is 18.1. The minimum Gasteiger partial charge on any atom is -0.391 e. The number of fused-ring (bicyclic) bond motifs is 1. The van der Waals surface area contributed by atoms with Crippen molar-refractivity contribution in [2.75, 3.05) is 26.3 Å². The second-order valence-corrected chi connectivity index (χ2v) is 10.1. The fourth-order valence-electron chi connectivity index (χ4n) is 5.19. The normalized spacial score (nSPS) is 19.2. The maximum absolute atomic E-state index is 14.1. The van der Waals surface area contributed by atoms with E-state index in [1.165, 1.54) is 11.0 Å². The standard InChI is InChI=1S/C26H25F3N6O3/c1-34-14-30-33-21(34)10-25(12-38-13-25)17-4-2-3-15(7-17)23-31-20-9-16(24(37)35-6-5-18(36)11-35)8-19(22(20)32-23)26(27,28)29/h2-4,7-9,14,18,36H,5-6,10-13H2,1H3,(H,31,32)/t18-/m1/s1. The number of halogens is 3. The smallest absolute Gasteiger partial charge is 0.391 e. The molecule has 1 amide bonds. The van der Waals surface area contributed by atoms with E-state index in [0.29, 0.717) is 31.6 Å². The Kier molecular flexibility index (Phi) is 5.76. The third kappa shape index (κ3) is 4.23. The number of ether oxygens (including phenoxy) is 1. The molecular formula is C26H25F3N6O3. The van der Waals surface area contributed by atoms with Crippen molar-refractivity contribution in [2.45, 2.75) is 30.5 Å². The molecule has 4 aromatic rings. The molecule has 2 N–H and O–H groups in total. The highest BCUT2D eigenvalue weighted by atomic mass is 19.4. The number of rotatable bonds is 5. The van der Waals surface area contributed by atoms with Crippen LogP contribution < -0.4 is 0 Å². The number of aliphatic hydroxyl groups excluding tert-OH is 1. The van der Waals surface area contributed by atoms with E-state index in [2.05, 4.69) is 20.2 Å². The van der Waals surface area contributed by atoms with Gasteiger partial charge in [-0.15, -0.1) is 10.2 Å². The fourth-order valence-corrected chi connectivity index (χ4v) is 5.19. The number of benzene rings is 2. The van der Waals surface area contributed by atoms with Gasteiger partial charge in [0, 0.05) is 43.1 Å². The number of H-pyrrole nitrogens is 1. The number of imidazole rings is 1. The van der Waals surface area contributed by atoms with Crippen LogP contribution in [0.2, 0.25) is 0 Å². The van der Waals surface area contributed by atoms with Gasteiger partial charge < -0.3 is 24.3 Å². The summed E-state index contributed by atoms with van der Waals surface area (Å²) in [6.45, 7) is 1.35. The van der Waals surface area contributed by atoms with Crippen molar-refractivity contribution in [3.8, 4) is 11.4 Å². The number of carbonyl (C=O) groups excluding carboxylic acids is 1. The summed E-state index contributed by atoms with van der Waals surface area (Å²) in [7, 11) is 1.87. The van der Waals surface area contributed by atoms with Gasteiger partial charge in [-0.25, -0.2) is 4.98 Å². The van der Waals surface area contributed by atoms with E-state index in [4.69, 9.17) is 4.74 Å². The highest BCUT2D eigenvalue weighted by Gasteiger charge is 2.42. The van der Waals surface area contributed by atoms with Crippen molar-refractivity contribution in [3.05, 3.63) is 65.2 Å². The van der Waals surface area contributed by atoms with Crippen LogP contribution in [-0.4, -0.2) is 73.1 Å². The predicted octanol–water partition coefficient (Wildman–Crippen LogP) is 3.09. The van der Waals surface area contributed by atoms with E-state index in [9.17, 15) is 23.1 Å². The second-order valence-electron chi connectivity index (χ2n) is 10.1. The summed E-state index contributed by atoms with van der Waals surface area (Å²) >= 11 is 0. The number of likely N-dealkylation sites (tertiary alicyclic amines) is 1. The van der Waals surface area contributed by atoms with Crippen LogP contribution in [0.4, 0.5) is 13.2 Å². The number of nitrogens with one attached hydrogen (secondary N) is 1. The van der Waals surface area contributed by atoms with Crippen LogP contribution in [0, 0.1) is 0 Å². The molecule has 198 valence electrons. The zero-order valence-corrected chi connectivity index (χ0v) is 20.5. The van der Waals surface area contributed by atoms with Crippen LogP contribution in [0.3, 0.4) is 0 Å². The maximum atomic E-state index is 14.1. The van der Waals surface area contributed by atoms with E-state index in [1.807, 2.05) is 29.8 Å². The Morgan fingerprint density at radius 3 is 2.71 bits per heavy atom. The number of β-amino-alcohol motifs (C(OH)–C–C–N with tert-alkyl or cyclic N) is 1. The quantitative estimate of drug-likeness (QED) is 0.414. The first kappa shape index (κ1) is 24.6. The van der Waals surface area contributed by atoms with Crippen LogP contribution in [0.5, 0.6) is 0 Å². The number of alkyl halides is 3. The number of aryl methyl sites for hydroxylation is 1. The van der Waals surface area contributed by atoms with E-state index in [1.54, 1.807) is 12.4 Å². The fraction of sp³-hybridized carbons (Fsp3) is 0.385. The molecule has 0 unspecified atom stereocenters. The molecular weight excluding hydrogens is 501 g/mol. The molecule has 2 aromatic carbocycles. The van der Waals surface area contributed by atoms with Crippen LogP contribution in [0.1, 0.15) is 33.7 Å². The average Bonchev–Trinajstić information content (AvgIpc) is 3.59. The Morgan fingerprint density at radius 2 is 2.08 bits per heavy atom. The molecule has 12 heteroatoms. The second kappa shape index (κ2) is 8.91. The van der Waals surface area contributed by atoms with Crippen molar-refractivity contribution in [1.29, 1.82) is 0 Å². The zero-order valence-electron chi connectivity index (χ0n) is 20.5. The lowest BCUT2D eigenvalue weighted by Crippen LogP contribution is -2.49. The summed E-state index contributed by atoms with van der Waals surface area (Å²) in [6.07, 6.45) is -2.74. The largest absolute Gasteiger partial charge is 0.418 e. The minimum absolute atomic E-state index is 0.0455. The van der Waals surface area contributed by atoms with E-state index in [-0.39, 0.29) is 40.9 Å². The van der Waals surface area contributed by atoms with Crippen molar-refractivity contribution in [2.24, 2.45) is 7.05 Å². The molecule has 1 atom stereocenters. The summed E-state index contributed by atoms with van der Waals surface area (Å²) in [5, 5.41) is 17.9. The third-order valence-corrected chi connectivity index (χ3v) is 7.40.